The molecule has 1 saturated heterocycles. The van der Waals surface area contributed by atoms with Crippen molar-refractivity contribution in [3.63, 3.8) is 0 Å². The molecule has 0 saturated carbocycles. The molecule has 1 heterocycles. The molecule has 0 bridgehead atoms. The van der Waals surface area contributed by atoms with E-state index in [2.05, 4.69) is 5.32 Å². The van der Waals surface area contributed by atoms with Crippen LogP contribution in [0.3, 0.4) is 0 Å². The van der Waals surface area contributed by atoms with Gasteiger partial charge in [-0.05, 0) is 19.8 Å². The van der Waals surface area contributed by atoms with Crippen molar-refractivity contribution in [2.24, 2.45) is 5.92 Å². The normalized spacial score (nSPS) is 21.6. The van der Waals surface area contributed by atoms with Gasteiger partial charge in [0.2, 0.25) is 11.8 Å². The van der Waals surface area contributed by atoms with Crippen molar-refractivity contribution in [1.29, 1.82) is 0 Å². The maximum absolute atomic E-state index is 12.3. The maximum atomic E-state index is 12.3. The van der Waals surface area contributed by atoms with Gasteiger partial charge in [-0.3, -0.25) is 9.59 Å². The van der Waals surface area contributed by atoms with E-state index < -0.39 is 5.54 Å². The van der Waals surface area contributed by atoms with E-state index in [1.165, 1.54) is 0 Å². The number of hydrogen-bond donors (Lipinski definition) is 1. The van der Waals surface area contributed by atoms with Gasteiger partial charge in [-0.15, -0.1) is 0 Å². The molecule has 5 heteroatoms. The van der Waals surface area contributed by atoms with E-state index in [0.29, 0.717) is 6.61 Å². The van der Waals surface area contributed by atoms with Crippen LogP contribution in [0.25, 0.3) is 0 Å². The molecular formula is C12H22N2O3. The predicted molar refractivity (Wildman–Crippen MR) is 64.4 cm³/mol. The van der Waals surface area contributed by atoms with Gasteiger partial charge in [0, 0.05) is 7.11 Å². The SMILES string of the molecule is COCC(C(C)C)N1CC(=O)NC(C)(C)C1=O. The molecule has 5 nitrogen and oxygen atoms in total. The van der Waals surface area contributed by atoms with Crippen LogP contribution in [0.4, 0.5) is 0 Å². The Hall–Kier alpha value is -1.10. The summed E-state index contributed by atoms with van der Waals surface area (Å²) >= 11 is 0. The molecule has 1 atom stereocenters. The Kier molecular flexibility index (Phi) is 4.14. The van der Waals surface area contributed by atoms with Gasteiger partial charge in [0.05, 0.1) is 12.6 Å². The molecule has 2 amide bonds. The first-order valence-electron chi connectivity index (χ1n) is 5.90. The summed E-state index contributed by atoms with van der Waals surface area (Å²) in [6.07, 6.45) is 0. The van der Waals surface area contributed by atoms with E-state index >= 15 is 0 Å². The number of ether oxygens (including phenoxy) is 1. The third-order valence-corrected chi connectivity index (χ3v) is 3.07. The van der Waals surface area contributed by atoms with Gasteiger partial charge in [-0.2, -0.15) is 0 Å². The van der Waals surface area contributed by atoms with E-state index in [0.717, 1.165) is 0 Å². The third-order valence-electron chi connectivity index (χ3n) is 3.07. The van der Waals surface area contributed by atoms with Crippen molar-refractivity contribution >= 4 is 11.8 Å². The van der Waals surface area contributed by atoms with Gasteiger partial charge in [-0.25, -0.2) is 0 Å². The van der Waals surface area contributed by atoms with E-state index in [1.807, 2.05) is 13.8 Å². The maximum Gasteiger partial charge on any atom is 0.248 e. The van der Waals surface area contributed by atoms with E-state index in [1.54, 1.807) is 25.9 Å². The summed E-state index contributed by atoms with van der Waals surface area (Å²) in [6, 6.07) is -0.0576. The second kappa shape index (κ2) is 5.04. The van der Waals surface area contributed by atoms with Crippen LogP contribution >= 0.6 is 0 Å². The fourth-order valence-electron chi connectivity index (χ4n) is 2.11. The van der Waals surface area contributed by atoms with E-state index in [4.69, 9.17) is 4.74 Å². The van der Waals surface area contributed by atoms with Crippen LogP contribution in [-0.4, -0.2) is 48.6 Å². The number of nitrogens with one attached hydrogen (secondary N) is 1. The molecule has 0 aliphatic carbocycles. The van der Waals surface area contributed by atoms with Gasteiger partial charge in [-0.1, -0.05) is 13.8 Å². The van der Waals surface area contributed by atoms with Crippen molar-refractivity contribution in [3.8, 4) is 0 Å². The minimum absolute atomic E-state index is 0.0483. The minimum atomic E-state index is -0.823. The van der Waals surface area contributed by atoms with Gasteiger partial charge in [0.15, 0.2) is 0 Å². The summed E-state index contributed by atoms with van der Waals surface area (Å²) in [5.74, 6) is 0.0878. The molecular weight excluding hydrogens is 220 g/mol. The molecule has 1 aliphatic rings. The molecule has 98 valence electrons. The fraction of sp³-hybridized carbons (Fsp3) is 0.833. The Morgan fingerprint density at radius 3 is 2.47 bits per heavy atom. The molecule has 1 aliphatic heterocycles. The lowest BCUT2D eigenvalue weighted by Gasteiger charge is -2.42. The number of methoxy groups -OCH3 is 1. The van der Waals surface area contributed by atoms with Gasteiger partial charge in [0.1, 0.15) is 12.1 Å². The standard InChI is InChI=1S/C12H22N2O3/c1-8(2)9(7-17-5)14-6-10(15)13-12(3,4)11(14)16/h8-9H,6-7H2,1-5H3,(H,13,15). The van der Waals surface area contributed by atoms with Crippen LogP contribution in [0.5, 0.6) is 0 Å². The molecule has 0 radical (unpaired) electrons. The summed E-state index contributed by atoms with van der Waals surface area (Å²) in [6.45, 7) is 8.07. The van der Waals surface area contributed by atoms with Crippen molar-refractivity contribution in [2.45, 2.75) is 39.3 Å². The van der Waals surface area contributed by atoms with Crippen LogP contribution in [0, 0.1) is 5.92 Å². The van der Waals surface area contributed by atoms with Crippen LogP contribution in [0.15, 0.2) is 0 Å². The second-order valence-corrected chi connectivity index (χ2v) is 5.37. The summed E-state index contributed by atoms with van der Waals surface area (Å²) in [5, 5.41) is 2.70. The Labute approximate surface area is 102 Å². The lowest BCUT2D eigenvalue weighted by Crippen LogP contribution is -2.66. The average molecular weight is 242 g/mol. The second-order valence-electron chi connectivity index (χ2n) is 5.37. The Morgan fingerprint density at radius 1 is 1.41 bits per heavy atom. The topological polar surface area (TPSA) is 58.6 Å². The van der Waals surface area contributed by atoms with E-state index in [-0.39, 0.29) is 30.3 Å². The largest absolute Gasteiger partial charge is 0.383 e. The van der Waals surface area contributed by atoms with Crippen LogP contribution in [0.1, 0.15) is 27.7 Å². The highest BCUT2D eigenvalue weighted by Crippen LogP contribution is 2.20. The quantitative estimate of drug-likeness (QED) is 0.776. The molecule has 1 rings (SSSR count). The number of carbonyl (C=O) groups excluding carboxylic acids is 2. The van der Waals surface area contributed by atoms with Crippen LogP contribution < -0.4 is 5.32 Å². The molecule has 1 fully saturated rings. The molecule has 17 heavy (non-hydrogen) atoms. The zero-order chi connectivity index (χ0) is 13.2. The summed E-state index contributed by atoms with van der Waals surface area (Å²) < 4.78 is 5.14. The molecule has 1 unspecified atom stereocenters. The smallest absolute Gasteiger partial charge is 0.248 e. The lowest BCUT2D eigenvalue weighted by atomic mass is 9.95. The van der Waals surface area contributed by atoms with Crippen molar-refractivity contribution in [2.75, 3.05) is 20.3 Å². The molecule has 0 aromatic rings. The highest BCUT2D eigenvalue weighted by molar-refractivity contribution is 5.97. The number of piperazine rings is 1. The Balaban J connectivity index is 2.93. The number of nitrogens with zero attached hydrogens (tertiary/aromatic N) is 1. The first-order chi connectivity index (χ1) is 7.79. The molecule has 0 spiro atoms. The van der Waals surface area contributed by atoms with Crippen molar-refractivity contribution in [3.05, 3.63) is 0 Å². The Bertz CT molecular complexity index is 313. The van der Waals surface area contributed by atoms with Gasteiger partial charge in [0.25, 0.3) is 0 Å². The van der Waals surface area contributed by atoms with Gasteiger partial charge < -0.3 is 15.0 Å². The van der Waals surface area contributed by atoms with E-state index in [9.17, 15) is 9.59 Å². The number of carbonyl (C=O) groups is 2. The van der Waals surface area contributed by atoms with Gasteiger partial charge >= 0.3 is 0 Å². The molecule has 1 N–H and O–H groups in total. The van der Waals surface area contributed by atoms with Crippen molar-refractivity contribution < 1.29 is 14.3 Å². The highest BCUT2D eigenvalue weighted by Gasteiger charge is 2.42. The minimum Gasteiger partial charge on any atom is -0.383 e. The van der Waals surface area contributed by atoms with Crippen LogP contribution in [0.2, 0.25) is 0 Å². The lowest BCUT2D eigenvalue weighted by molar-refractivity contribution is -0.153. The molecule has 0 aromatic heterocycles. The first-order valence-corrected chi connectivity index (χ1v) is 5.90. The number of hydrogen-bond acceptors (Lipinski definition) is 3. The fourth-order valence-corrected chi connectivity index (χ4v) is 2.11. The Morgan fingerprint density at radius 2 is 2.00 bits per heavy atom. The highest BCUT2D eigenvalue weighted by atomic mass is 16.5. The summed E-state index contributed by atoms with van der Waals surface area (Å²) in [7, 11) is 1.61. The molecule has 0 aromatic carbocycles. The predicted octanol–water partition coefficient (Wildman–Crippen LogP) is 0.394. The van der Waals surface area contributed by atoms with Crippen molar-refractivity contribution in [1.82, 2.24) is 10.2 Å². The monoisotopic (exact) mass is 242 g/mol. The average Bonchev–Trinajstić information content (AvgIpc) is 2.19. The third kappa shape index (κ3) is 2.97. The number of amides is 2. The summed E-state index contributed by atoms with van der Waals surface area (Å²) in [5.41, 5.74) is -0.823. The zero-order valence-electron chi connectivity index (χ0n) is 11.2. The summed E-state index contributed by atoms with van der Waals surface area (Å²) in [4.78, 5) is 25.5. The first kappa shape index (κ1) is 14.0. The zero-order valence-corrected chi connectivity index (χ0v) is 11.2. The van der Waals surface area contributed by atoms with Crippen LogP contribution in [-0.2, 0) is 14.3 Å². The number of rotatable bonds is 4.